The molecule has 0 spiro atoms. The molecule has 1 fully saturated rings. The molecule has 0 saturated carbocycles. The Morgan fingerprint density at radius 3 is 2.70 bits per heavy atom. The van der Waals surface area contributed by atoms with Crippen LogP contribution in [-0.2, 0) is 17.3 Å². The molecule has 0 bridgehead atoms. The molecule has 0 unspecified atom stereocenters. The van der Waals surface area contributed by atoms with E-state index >= 15 is 0 Å². The highest BCUT2D eigenvalue weighted by Crippen LogP contribution is 2.30. The summed E-state index contributed by atoms with van der Waals surface area (Å²) in [6.07, 6.45) is -3.09. The molecule has 0 aliphatic carbocycles. The van der Waals surface area contributed by atoms with Crippen molar-refractivity contribution < 1.29 is 22.7 Å². The highest BCUT2D eigenvalue weighted by atomic mass is 19.4. The van der Waals surface area contributed by atoms with Crippen molar-refractivity contribution in [1.82, 2.24) is 20.3 Å². The van der Waals surface area contributed by atoms with Crippen LogP contribution < -0.4 is 5.32 Å². The van der Waals surface area contributed by atoms with E-state index in [1.807, 2.05) is 24.3 Å². The van der Waals surface area contributed by atoms with Crippen LogP contribution in [0.5, 0.6) is 0 Å². The van der Waals surface area contributed by atoms with Crippen molar-refractivity contribution in [2.75, 3.05) is 19.7 Å². The molecule has 1 N–H and O–H groups in total. The van der Waals surface area contributed by atoms with Gasteiger partial charge in [-0.2, -0.15) is 23.1 Å². The minimum absolute atomic E-state index is 0.00383. The summed E-state index contributed by atoms with van der Waals surface area (Å²) in [4.78, 5) is 13.6. The lowest BCUT2D eigenvalue weighted by Crippen LogP contribution is -2.33. The lowest BCUT2D eigenvalue weighted by molar-refractivity contribution is -0.137. The van der Waals surface area contributed by atoms with Crippen molar-refractivity contribution in [2.24, 2.45) is 0 Å². The van der Waals surface area contributed by atoms with E-state index in [2.05, 4.69) is 15.5 Å². The van der Waals surface area contributed by atoms with Gasteiger partial charge in [-0.15, -0.1) is 5.10 Å². The third kappa shape index (κ3) is 4.58. The quantitative estimate of drug-likeness (QED) is 0.646. The first-order valence-corrected chi connectivity index (χ1v) is 9.44. The molecule has 0 amide bonds. The number of carbonyl (C=O) groups is 1. The Bertz CT molecular complexity index is 1030. The van der Waals surface area contributed by atoms with Gasteiger partial charge in [0.2, 0.25) is 0 Å². The SMILES string of the molecule is O=C(Cc1ccc([C@H]2CNCCO2)cc1)c1cnn(-c2cccc(C(F)(F)F)c2)n1. The molecule has 0 radical (unpaired) electrons. The summed E-state index contributed by atoms with van der Waals surface area (Å²) in [6, 6.07) is 12.2. The van der Waals surface area contributed by atoms with Gasteiger partial charge in [-0.25, -0.2) is 0 Å². The number of hydrogen-bond acceptors (Lipinski definition) is 5. The Hall–Kier alpha value is -3.04. The fraction of sp³-hybridized carbons (Fsp3) is 0.286. The molecule has 4 rings (SSSR count). The highest BCUT2D eigenvalue weighted by Gasteiger charge is 2.30. The fourth-order valence-electron chi connectivity index (χ4n) is 3.23. The Morgan fingerprint density at radius 2 is 2.00 bits per heavy atom. The molecule has 30 heavy (non-hydrogen) atoms. The van der Waals surface area contributed by atoms with Gasteiger partial charge in [-0.05, 0) is 29.3 Å². The van der Waals surface area contributed by atoms with Crippen LogP contribution in [0.1, 0.15) is 33.3 Å². The first kappa shape index (κ1) is 20.2. The zero-order valence-electron chi connectivity index (χ0n) is 15.9. The predicted octanol–water partition coefficient (Wildman–Crippen LogP) is 3.37. The summed E-state index contributed by atoms with van der Waals surface area (Å²) in [5.74, 6) is -0.267. The van der Waals surface area contributed by atoms with Crippen LogP contribution in [0.15, 0.2) is 54.7 Å². The average Bonchev–Trinajstić information content (AvgIpc) is 3.25. The topological polar surface area (TPSA) is 69.0 Å². The van der Waals surface area contributed by atoms with Gasteiger partial charge in [-0.3, -0.25) is 4.79 Å². The average molecular weight is 416 g/mol. The van der Waals surface area contributed by atoms with Gasteiger partial charge < -0.3 is 10.1 Å². The van der Waals surface area contributed by atoms with Crippen LogP contribution in [-0.4, -0.2) is 40.5 Å². The van der Waals surface area contributed by atoms with Crippen LogP contribution >= 0.6 is 0 Å². The van der Waals surface area contributed by atoms with Gasteiger partial charge in [0, 0.05) is 19.5 Å². The summed E-state index contributed by atoms with van der Waals surface area (Å²) in [5, 5.41) is 11.3. The van der Waals surface area contributed by atoms with Crippen molar-refractivity contribution in [3.8, 4) is 5.69 Å². The molecular weight excluding hydrogens is 397 g/mol. The van der Waals surface area contributed by atoms with E-state index in [0.29, 0.717) is 6.61 Å². The summed E-state index contributed by atoms with van der Waals surface area (Å²) in [6.45, 7) is 2.24. The number of nitrogens with one attached hydrogen (secondary N) is 1. The zero-order valence-corrected chi connectivity index (χ0v) is 15.9. The summed E-state index contributed by atoms with van der Waals surface area (Å²) in [7, 11) is 0. The maximum atomic E-state index is 12.9. The molecule has 3 aromatic rings. The van der Waals surface area contributed by atoms with Crippen LogP contribution in [0.3, 0.4) is 0 Å². The molecule has 6 nitrogen and oxygen atoms in total. The Morgan fingerprint density at radius 1 is 1.20 bits per heavy atom. The number of nitrogens with zero attached hydrogens (tertiary/aromatic N) is 3. The number of carbonyl (C=O) groups excluding carboxylic acids is 1. The largest absolute Gasteiger partial charge is 0.416 e. The maximum absolute atomic E-state index is 12.9. The lowest BCUT2D eigenvalue weighted by atomic mass is 10.0. The molecular formula is C21H19F3N4O2. The highest BCUT2D eigenvalue weighted by molar-refractivity contribution is 5.95. The van der Waals surface area contributed by atoms with E-state index in [-0.39, 0.29) is 29.7 Å². The minimum Gasteiger partial charge on any atom is -0.371 e. The number of morpholine rings is 1. The fourth-order valence-corrected chi connectivity index (χ4v) is 3.23. The number of halogens is 3. The molecule has 2 aromatic carbocycles. The molecule has 1 aliphatic rings. The molecule has 1 atom stereocenters. The molecule has 1 aromatic heterocycles. The second kappa shape index (κ2) is 8.37. The molecule has 1 saturated heterocycles. The zero-order chi connectivity index (χ0) is 21.1. The number of Topliss-reactive ketones (excluding diaryl/α,β-unsaturated/α-hetero) is 1. The van der Waals surface area contributed by atoms with Gasteiger partial charge in [0.15, 0.2) is 5.78 Å². The molecule has 1 aliphatic heterocycles. The van der Waals surface area contributed by atoms with Crippen molar-refractivity contribution in [3.63, 3.8) is 0 Å². The number of ether oxygens (including phenoxy) is 1. The van der Waals surface area contributed by atoms with Gasteiger partial charge in [0.05, 0.1) is 30.2 Å². The van der Waals surface area contributed by atoms with Crippen molar-refractivity contribution >= 4 is 5.78 Å². The van der Waals surface area contributed by atoms with E-state index in [9.17, 15) is 18.0 Å². The summed E-state index contributed by atoms with van der Waals surface area (Å²) >= 11 is 0. The molecule has 9 heteroatoms. The van der Waals surface area contributed by atoms with E-state index in [1.165, 1.54) is 18.3 Å². The Labute approximate surface area is 170 Å². The van der Waals surface area contributed by atoms with Crippen LogP contribution in [0.4, 0.5) is 13.2 Å². The third-order valence-corrected chi connectivity index (χ3v) is 4.83. The van der Waals surface area contributed by atoms with E-state index in [4.69, 9.17) is 4.74 Å². The van der Waals surface area contributed by atoms with Gasteiger partial charge in [0.25, 0.3) is 0 Å². The smallest absolute Gasteiger partial charge is 0.371 e. The standard InChI is InChI=1S/C21H19F3N4O2/c22-21(23,24)16-2-1-3-17(11-16)28-26-12-18(27-28)19(29)10-14-4-6-15(7-5-14)20-13-25-8-9-30-20/h1-7,11-12,20,25H,8-10,13H2/t20-/m1/s1. The monoisotopic (exact) mass is 416 g/mol. The van der Waals surface area contributed by atoms with Gasteiger partial charge >= 0.3 is 6.18 Å². The van der Waals surface area contributed by atoms with Crippen molar-refractivity contribution in [2.45, 2.75) is 18.7 Å². The molecule has 2 heterocycles. The number of alkyl halides is 3. The van der Waals surface area contributed by atoms with Crippen LogP contribution in [0.25, 0.3) is 5.69 Å². The second-order valence-electron chi connectivity index (χ2n) is 6.97. The third-order valence-electron chi connectivity index (χ3n) is 4.83. The Balaban J connectivity index is 1.44. The second-order valence-corrected chi connectivity index (χ2v) is 6.97. The Kier molecular flexibility index (Phi) is 5.65. The minimum atomic E-state index is -4.47. The van der Waals surface area contributed by atoms with Crippen LogP contribution in [0, 0.1) is 0 Å². The first-order chi connectivity index (χ1) is 14.4. The van der Waals surface area contributed by atoms with Crippen LogP contribution in [0.2, 0.25) is 0 Å². The van der Waals surface area contributed by atoms with Crippen molar-refractivity contribution in [3.05, 3.63) is 77.1 Å². The number of rotatable bonds is 5. The van der Waals surface area contributed by atoms with Gasteiger partial charge in [0.1, 0.15) is 5.69 Å². The first-order valence-electron chi connectivity index (χ1n) is 9.44. The lowest BCUT2D eigenvalue weighted by Gasteiger charge is -2.24. The number of aromatic nitrogens is 3. The van der Waals surface area contributed by atoms with E-state index < -0.39 is 11.7 Å². The number of benzene rings is 2. The normalized spacial score (nSPS) is 17.1. The number of ketones is 1. The summed E-state index contributed by atoms with van der Waals surface area (Å²) < 4.78 is 44.4. The van der Waals surface area contributed by atoms with Gasteiger partial charge in [-0.1, -0.05) is 30.3 Å². The van der Waals surface area contributed by atoms with E-state index in [1.54, 1.807) is 0 Å². The maximum Gasteiger partial charge on any atom is 0.416 e. The van der Waals surface area contributed by atoms with E-state index in [0.717, 1.165) is 41.1 Å². The van der Waals surface area contributed by atoms with Crippen molar-refractivity contribution in [1.29, 1.82) is 0 Å². The molecule has 156 valence electrons. The number of hydrogen-bond donors (Lipinski definition) is 1. The predicted molar refractivity (Wildman–Crippen MR) is 102 cm³/mol. The summed E-state index contributed by atoms with van der Waals surface area (Å²) in [5.41, 5.74) is 1.27.